The lowest BCUT2D eigenvalue weighted by molar-refractivity contribution is 1.01. The highest BCUT2D eigenvalue weighted by Crippen LogP contribution is 2.35. The standard InChI is InChI=1S/C29H16I3N3/c30-17-8-11-25-21(14-17)20-4-1-2-5-24(20)34(25)28-6-3-7-29(33-28)35-26-12-9-18(31)15-22(26)23-16-19(32)10-13-27(23)35/h1-16H. The van der Waals surface area contributed by atoms with Crippen LogP contribution in [0.25, 0.3) is 55.2 Å². The molecule has 0 N–H and O–H groups in total. The Balaban J connectivity index is 1.54. The molecule has 168 valence electrons. The summed E-state index contributed by atoms with van der Waals surface area (Å²) in [6, 6.07) is 34.8. The maximum atomic E-state index is 5.25. The van der Waals surface area contributed by atoms with Gasteiger partial charge in [0, 0.05) is 32.3 Å². The number of fused-ring (bicyclic) bond motifs is 6. The highest BCUT2D eigenvalue weighted by molar-refractivity contribution is 14.1. The fraction of sp³-hybridized carbons (Fsp3) is 0. The molecule has 0 aliphatic rings. The highest BCUT2D eigenvalue weighted by Gasteiger charge is 2.17. The van der Waals surface area contributed by atoms with Crippen molar-refractivity contribution in [2.24, 2.45) is 0 Å². The molecule has 7 aromatic rings. The topological polar surface area (TPSA) is 22.8 Å². The average molecular weight is 787 g/mol. The SMILES string of the molecule is Ic1ccc2c(c1)c1ccccc1n2-c1cccc(-n2c3ccc(I)cc3c3cc(I)ccc32)n1. The summed E-state index contributed by atoms with van der Waals surface area (Å²) >= 11 is 7.17. The van der Waals surface area contributed by atoms with E-state index in [9.17, 15) is 0 Å². The lowest BCUT2D eigenvalue weighted by Gasteiger charge is -2.11. The first kappa shape index (κ1) is 22.1. The molecule has 7 rings (SSSR count). The van der Waals surface area contributed by atoms with Crippen LogP contribution in [0, 0.1) is 10.7 Å². The zero-order chi connectivity index (χ0) is 23.7. The average Bonchev–Trinajstić information content (AvgIpc) is 3.36. The van der Waals surface area contributed by atoms with Crippen LogP contribution in [0.1, 0.15) is 0 Å². The predicted octanol–water partition coefficient (Wildman–Crippen LogP) is 9.09. The van der Waals surface area contributed by atoms with E-state index in [0.29, 0.717) is 0 Å². The van der Waals surface area contributed by atoms with Gasteiger partial charge in [0.1, 0.15) is 11.6 Å². The molecule has 3 aromatic heterocycles. The summed E-state index contributed by atoms with van der Waals surface area (Å²) in [6.45, 7) is 0. The quantitative estimate of drug-likeness (QED) is 0.161. The van der Waals surface area contributed by atoms with Gasteiger partial charge in [0.2, 0.25) is 0 Å². The van der Waals surface area contributed by atoms with E-state index < -0.39 is 0 Å². The van der Waals surface area contributed by atoms with E-state index in [4.69, 9.17) is 4.98 Å². The maximum Gasteiger partial charge on any atom is 0.140 e. The Hall–Kier alpha value is -2.18. The highest BCUT2D eigenvalue weighted by atomic mass is 127. The van der Waals surface area contributed by atoms with Gasteiger partial charge in [0.25, 0.3) is 0 Å². The van der Waals surface area contributed by atoms with E-state index in [2.05, 4.69) is 174 Å². The van der Waals surface area contributed by atoms with Crippen LogP contribution in [0.4, 0.5) is 0 Å². The number of rotatable bonds is 2. The van der Waals surface area contributed by atoms with Gasteiger partial charge in [-0.15, -0.1) is 0 Å². The molecule has 0 radical (unpaired) electrons. The zero-order valence-corrected chi connectivity index (χ0v) is 24.7. The van der Waals surface area contributed by atoms with Crippen LogP contribution >= 0.6 is 67.8 Å². The van der Waals surface area contributed by atoms with Gasteiger partial charge in [-0.2, -0.15) is 0 Å². The third-order valence-corrected chi connectivity index (χ3v) is 8.51. The van der Waals surface area contributed by atoms with Gasteiger partial charge >= 0.3 is 0 Å². The van der Waals surface area contributed by atoms with E-state index in [0.717, 1.165) is 11.6 Å². The summed E-state index contributed by atoms with van der Waals surface area (Å²) in [6.07, 6.45) is 0. The Morgan fingerprint density at radius 3 is 1.37 bits per heavy atom. The molecule has 3 nitrogen and oxygen atoms in total. The van der Waals surface area contributed by atoms with Crippen molar-refractivity contribution < 1.29 is 0 Å². The molecule has 4 aromatic carbocycles. The first-order valence-electron chi connectivity index (χ1n) is 11.1. The summed E-state index contributed by atoms with van der Waals surface area (Å²) in [4.78, 5) is 5.25. The van der Waals surface area contributed by atoms with Crippen LogP contribution < -0.4 is 0 Å². The maximum absolute atomic E-state index is 5.25. The monoisotopic (exact) mass is 787 g/mol. The van der Waals surface area contributed by atoms with Crippen LogP contribution in [-0.2, 0) is 0 Å². The van der Waals surface area contributed by atoms with Gasteiger partial charge in [0.15, 0.2) is 0 Å². The summed E-state index contributed by atoms with van der Waals surface area (Å²) in [5.74, 6) is 1.84. The molecule has 0 amide bonds. The van der Waals surface area contributed by atoms with Crippen LogP contribution in [0.2, 0.25) is 0 Å². The largest absolute Gasteiger partial charge is 0.294 e. The van der Waals surface area contributed by atoms with Gasteiger partial charge in [0.05, 0.1) is 22.1 Å². The third-order valence-electron chi connectivity index (χ3n) is 6.50. The summed E-state index contributed by atoms with van der Waals surface area (Å²) in [5, 5.41) is 5.00. The van der Waals surface area contributed by atoms with Gasteiger partial charge in [-0.25, -0.2) is 4.98 Å². The van der Waals surface area contributed by atoms with Crippen molar-refractivity contribution in [1.82, 2.24) is 14.1 Å². The Labute approximate surface area is 242 Å². The second kappa shape index (κ2) is 8.45. The van der Waals surface area contributed by atoms with Crippen LogP contribution in [0.15, 0.2) is 97.1 Å². The number of pyridine rings is 1. The number of aromatic nitrogens is 3. The van der Waals surface area contributed by atoms with E-state index in [1.807, 2.05) is 0 Å². The number of para-hydroxylation sites is 1. The van der Waals surface area contributed by atoms with Crippen molar-refractivity contribution in [3.63, 3.8) is 0 Å². The van der Waals surface area contributed by atoms with E-state index in [1.165, 1.54) is 54.3 Å². The van der Waals surface area contributed by atoms with Crippen LogP contribution in [-0.4, -0.2) is 14.1 Å². The molecule has 35 heavy (non-hydrogen) atoms. The molecule has 0 aliphatic heterocycles. The Morgan fingerprint density at radius 2 is 0.857 bits per heavy atom. The first-order chi connectivity index (χ1) is 17.1. The van der Waals surface area contributed by atoms with Crippen LogP contribution in [0.3, 0.4) is 0 Å². The fourth-order valence-electron chi connectivity index (χ4n) is 5.07. The van der Waals surface area contributed by atoms with Crippen molar-refractivity contribution in [2.45, 2.75) is 0 Å². The molecule has 6 heteroatoms. The number of benzene rings is 4. The predicted molar refractivity (Wildman–Crippen MR) is 171 cm³/mol. The number of hydrogen-bond donors (Lipinski definition) is 0. The van der Waals surface area contributed by atoms with E-state index >= 15 is 0 Å². The second-order valence-corrected chi connectivity index (χ2v) is 12.3. The van der Waals surface area contributed by atoms with Crippen molar-refractivity contribution >= 4 is 111 Å². The zero-order valence-electron chi connectivity index (χ0n) is 18.2. The normalized spacial score (nSPS) is 11.9. The van der Waals surface area contributed by atoms with Crippen molar-refractivity contribution in [2.75, 3.05) is 0 Å². The van der Waals surface area contributed by atoms with Gasteiger partial charge in [-0.05, 0) is 141 Å². The fourth-order valence-corrected chi connectivity index (χ4v) is 6.54. The number of hydrogen-bond acceptors (Lipinski definition) is 1. The minimum Gasteiger partial charge on any atom is -0.294 e. The molecule has 0 saturated carbocycles. The molecule has 0 spiro atoms. The summed E-state index contributed by atoms with van der Waals surface area (Å²) < 4.78 is 8.26. The molecule has 0 saturated heterocycles. The van der Waals surface area contributed by atoms with Crippen molar-refractivity contribution in [1.29, 1.82) is 0 Å². The Kier molecular flexibility index (Phi) is 5.32. The summed E-state index contributed by atoms with van der Waals surface area (Å²) in [5.41, 5.74) is 4.68. The molecule has 0 fully saturated rings. The van der Waals surface area contributed by atoms with Gasteiger partial charge < -0.3 is 0 Å². The van der Waals surface area contributed by atoms with Gasteiger partial charge in [-0.3, -0.25) is 9.13 Å². The Morgan fingerprint density at radius 1 is 0.429 bits per heavy atom. The van der Waals surface area contributed by atoms with Crippen molar-refractivity contribution in [3.8, 4) is 11.6 Å². The van der Waals surface area contributed by atoms with Crippen molar-refractivity contribution in [3.05, 3.63) is 108 Å². The molecule has 3 heterocycles. The number of nitrogens with zero attached hydrogens (tertiary/aromatic N) is 3. The Bertz CT molecular complexity index is 1890. The first-order valence-corrected chi connectivity index (χ1v) is 14.4. The lowest BCUT2D eigenvalue weighted by Crippen LogP contribution is -2.03. The number of halogens is 3. The lowest BCUT2D eigenvalue weighted by atomic mass is 10.2. The second-order valence-electron chi connectivity index (χ2n) is 8.53. The minimum absolute atomic E-state index is 0.918. The molecular weight excluding hydrogens is 771 g/mol. The molecule has 0 aliphatic carbocycles. The minimum atomic E-state index is 0.918. The third kappa shape index (κ3) is 3.51. The van der Waals surface area contributed by atoms with Crippen LogP contribution in [0.5, 0.6) is 0 Å². The summed E-state index contributed by atoms with van der Waals surface area (Å²) in [7, 11) is 0. The molecule has 0 unspecified atom stereocenters. The van der Waals surface area contributed by atoms with E-state index in [1.54, 1.807) is 0 Å². The molecular formula is C29H16I3N3. The van der Waals surface area contributed by atoms with Gasteiger partial charge in [-0.1, -0.05) is 24.3 Å². The smallest absolute Gasteiger partial charge is 0.140 e. The van der Waals surface area contributed by atoms with E-state index in [-0.39, 0.29) is 0 Å². The molecule has 0 atom stereocenters. The molecule has 0 bridgehead atoms.